The average Bonchev–Trinajstić information content (AvgIpc) is 2.83. The number of nitrogens with one attached hydrogen (secondary N) is 1. The molecule has 1 amide bonds. The summed E-state index contributed by atoms with van der Waals surface area (Å²) in [5, 5.41) is 2.93. The first-order valence-corrected chi connectivity index (χ1v) is 11.0. The van der Waals surface area contributed by atoms with Gasteiger partial charge in [0.25, 0.3) is 5.91 Å². The molecule has 0 unspecified atom stereocenters. The molecule has 7 heteroatoms. The molecular formula is C25H21FN4OS. The number of rotatable bonds is 7. The van der Waals surface area contributed by atoms with Crippen LogP contribution in [0.4, 0.5) is 10.2 Å². The van der Waals surface area contributed by atoms with Crippen LogP contribution in [0.2, 0.25) is 0 Å². The number of nitrogen functional groups attached to an aromatic ring is 1. The molecule has 5 nitrogen and oxygen atoms in total. The van der Waals surface area contributed by atoms with E-state index in [1.807, 2.05) is 48.5 Å². The molecule has 4 aromatic rings. The summed E-state index contributed by atoms with van der Waals surface area (Å²) >= 11 is 1.61. The van der Waals surface area contributed by atoms with E-state index in [-0.39, 0.29) is 17.5 Å². The van der Waals surface area contributed by atoms with Gasteiger partial charge in [0.15, 0.2) is 0 Å². The fourth-order valence-electron chi connectivity index (χ4n) is 3.22. The number of anilines is 1. The van der Waals surface area contributed by atoms with Crippen LogP contribution >= 0.6 is 11.8 Å². The van der Waals surface area contributed by atoms with Crippen molar-refractivity contribution in [2.75, 3.05) is 18.0 Å². The Bertz CT molecular complexity index is 1220. The lowest BCUT2D eigenvalue weighted by atomic mass is 10.0. The largest absolute Gasteiger partial charge is 0.382 e. The van der Waals surface area contributed by atoms with E-state index < -0.39 is 0 Å². The number of halogens is 1. The van der Waals surface area contributed by atoms with Gasteiger partial charge in [-0.2, -0.15) is 0 Å². The summed E-state index contributed by atoms with van der Waals surface area (Å²) < 4.78 is 14.9. The van der Waals surface area contributed by atoms with E-state index in [0.29, 0.717) is 29.1 Å². The Kier molecular flexibility index (Phi) is 6.77. The number of carbonyl (C=O) groups is 1. The second kappa shape index (κ2) is 10.1. The number of thioether (sulfide) groups is 1. The number of aromatic nitrogens is 2. The van der Waals surface area contributed by atoms with E-state index >= 15 is 0 Å². The zero-order valence-corrected chi connectivity index (χ0v) is 18.0. The maximum Gasteiger partial charge on any atom is 0.251 e. The van der Waals surface area contributed by atoms with Crippen LogP contribution in [0, 0.1) is 5.82 Å². The molecule has 4 rings (SSSR count). The maximum atomic E-state index is 14.9. The lowest BCUT2D eigenvalue weighted by Crippen LogP contribution is -2.25. The minimum Gasteiger partial charge on any atom is -0.382 e. The first kappa shape index (κ1) is 21.5. The molecule has 0 spiro atoms. The number of benzene rings is 3. The van der Waals surface area contributed by atoms with Gasteiger partial charge >= 0.3 is 0 Å². The maximum absolute atomic E-state index is 14.9. The Morgan fingerprint density at radius 3 is 2.47 bits per heavy atom. The molecule has 0 aliphatic heterocycles. The Balaban J connectivity index is 1.44. The predicted molar refractivity (Wildman–Crippen MR) is 127 cm³/mol. The molecular weight excluding hydrogens is 423 g/mol. The number of nitrogens with two attached hydrogens (primary N) is 1. The average molecular weight is 445 g/mol. The van der Waals surface area contributed by atoms with Crippen molar-refractivity contribution in [2.45, 2.75) is 4.90 Å². The first-order chi connectivity index (χ1) is 15.6. The number of nitrogens with zero attached hydrogens (tertiary/aromatic N) is 2. The van der Waals surface area contributed by atoms with Crippen LogP contribution < -0.4 is 11.1 Å². The van der Waals surface area contributed by atoms with Crippen molar-refractivity contribution >= 4 is 23.5 Å². The summed E-state index contributed by atoms with van der Waals surface area (Å²) in [4.78, 5) is 21.3. The third-order valence-electron chi connectivity index (χ3n) is 4.80. The summed E-state index contributed by atoms with van der Waals surface area (Å²) in [6.07, 6.45) is 2.87. The van der Waals surface area contributed by atoms with Gasteiger partial charge in [0.1, 0.15) is 11.6 Å². The lowest BCUT2D eigenvalue weighted by molar-refractivity contribution is 0.0956. The van der Waals surface area contributed by atoms with Crippen LogP contribution in [0.1, 0.15) is 10.4 Å². The molecule has 0 saturated heterocycles. The van der Waals surface area contributed by atoms with E-state index in [0.717, 1.165) is 16.0 Å². The summed E-state index contributed by atoms with van der Waals surface area (Å²) in [5.41, 5.74) is 8.70. The Hall–Kier alpha value is -3.71. The van der Waals surface area contributed by atoms with Crippen molar-refractivity contribution < 1.29 is 9.18 Å². The van der Waals surface area contributed by atoms with E-state index in [2.05, 4.69) is 15.3 Å². The minimum atomic E-state index is -0.378. The summed E-state index contributed by atoms with van der Waals surface area (Å²) in [5.74, 6) is 0.507. The van der Waals surface area contributed by atoms with Crippen molar-refractivity contribution in [2.24, 2.45) is 0 Å². The molecule has 1 heterocycles. The molecule has 3 N–H and O–H groups in total. The van der Waals surface area contributed by atoms with Crippen LogP contribution in [0.3, 0.4) is 0 Å². The van der Waals surface area contributed by atoms with Crippen molar-refractivity contribution in [3.8, 4) is 22.4 Å². The van der Waals surface area contributed by atoms with Crippen LogP contribution in [0.5, 0.6) is 0 Å². The van der Waals surface area contributed by atoms with Gasteiger partial charge in [0.2, 0.25) is 0 Å². The van der Waals surface area contributed by atoms with Gasteiger partial charge in [-0.05, 0) is 41.5 Å². The summed E-state index contributed by atoms with van der Waals surface area (Å²) in [6, 6.07) is 22.0. The highest BCUT2D eigenvalue weighted by Gasteiger charge is 2.12. The molecule has 0 atom stereocenters. The summed E-state index contributed by atoms with van der Waals surface area (Å²) in [6.45, 7) is 0.524. The Morgan fingerprint density at radius 2 is 1.72 bits per heavy atom. The van der Waals surface area contributed by atoms with E-state index in [9.17, 15) is 9.18 Å². The fourth-order valence-corrected chi connectivity index (χ4v) is 4.16. The third kappa shape index (κ3) is 5.12. The normalized spacial score (nSPS) is 10.7. The van der Waals surface area contributed by atoms with Crippen LogP contribution in [-0.2, 0) is 0 Å². The fraction of sp³-hybridized carbons (Fsp3) is 0.0800. The van der Waals surface area contributed by atoms with Crippen molar-refractivity contribution in [3.63, 3.8) is 0 Å². The Morgan fingerprint density at radius 1 is 0.938 bits per heavy atom. The number of amides is 1. The topological polar surface area (TPSA) is 80.9 Å². The van der Waals surface area contributed by atoms with E-state index in [4.69, 9.17) is 5.73 Å². The highest BCUT2D eigenvalue weighted by atomic mass is 32.2. The van der Waals surface area contributed by atoms with Crippen molar-refractivity contribution in [1.29, 1.82) is 0 Å². The minimum absolute atomic E-state index is 0.0945. The van der Waals surface area contributed by atoms with Gasteiger partial charge < -0.3 is 11.1 Å². The molecule has 160 valence electrons. The zero-order valence-electron chi connectivity index (χ0n) is 17.2. The second-order valence-electron chi connectivity index (χ2n) is 6.99. The molecule has 32 heavy (non-hydrogen) atoms. The molecule has 0 bridgehead atoms. The smallest absolute Gasteiger partial charge is 0.251 e. The Labute approximate surface area is 189 Å². The van der Waals surface area contributed by atoms with E-state index in [1.165, 1.54) is 18.5 Å². The van der Waals surface area contributed by atoms with Gasteiger partial charge in [-0.15, -0.1) is 11.8 Å². The van der Waals surface area contributed by atoms with Gasteiger partial charge in [-0.25, -0.2) is 9.37 Å². The monoisotopic (exact) mass is 444 g/mol. The first-order valence-electron chi connectivity index (χ1n) is 10.0. The zero-order chi connectivity index (χ0) is 22.3. The van der Waals surface area contributed by atoms with Gasteiger partial charge in [0.05, 0.1) is 18.1 Å². The van der Waals surface area contributed by atoms with Crippen molar-refractivity contribution in [1.82, 2.24) is 15.3 Å². The van der Waals surface area contributed by atoms with Gasteiger partial charge in [-0.3, -0.25) is 9.78 Å². The predicted octanol–water partition coefficient (Wildman–Crippen LogP) is 5.05. The quantitative estimate of drug-likeness (QED) is 0.308. The number of carbonyl (C=O) groups excluding carboxylic acids is 1. The third-order valence-corrected chi connectivity index (χ3v) is 5.87. The molecule has 0 saturated carbocycles. The van der Waals surface area contributed by atoms with Crippen LogP contribution in [0.25, 0.3) is 22.4 Å². The molecule has 3 aromatic carbocycles. The standard InChI is InChI=1S/C25H21FN4OS/c26-21-14-18(10-11-20(21)22-15-30-24(27)16-29-22)19-8-4-5-9-23(19)32-13-12-28-25(31)17-6-2-1-3-7-17/h1-11,14-16H,12-13H2,(H2,27,30)(H,28,31). The van der Waals surface area contributed by atoms with E-state index in [1.54, 1.807) is 30.0 Å². The molecule has 0 aliphatic rings. The molecule has 0 fully saturated rings. The lowest BCUT2D eigenvalue weighted by Gasteiger charge is -2.11. The van der Waals surface area contributed by atoms with Crippen LogP contribution in [-0.4, -0.2) is 28.2 Å². The molecule has 0 radical (unpaired) electrons. The SMILES string of the molecule is Nc1cnc(-c2ccc(-c3ccccc3SCCNC(=O)c3ccccc3)cc2F)cn1. The number of hydrogen-bond donors (Lipinski definition) is 2. The highest BCUT2D eigenvalue weighted by Crippen LogP contribution is 2.33. The van der Waals surface area contributed by atoms with Gasteiger partial charge in [0, 0.05) is 28.3 Å². The van der Waals surface area contributed by atoms with Gasteiger partial charge in [-0.1, -0.05) is 42.5 Å². The number of hydrogen-bond acceptors (Lipinski definition) is 5. The second-order valence-corrected chi connectivity index (χ2v) is 8.12. The summed E-state index contributed by atoms with van der Waals surface area (Å²) in [7, 11) is 0. The van der Waals surface area contributed by atoms with Crippen LogP contribution in [0.15, 0.2) is 90.1 Å². The molecule has 0 aliphatic carbocycles. The van der Waals surface area contributed by atoms with Crippen molar-refractivity contribution in [3.05, 3.63) is 96.6 Å². The highest BCUT2D eigenvalue weighted by molar-refractivity contribution is 7.99. The molecule has 1 aromatic heterocycles.